The average molecular weight is 309 g/mol. The molecule has 0 atom stereocenters. The fraction of sp³-hybridized carbons (Fsp3) is 0.111. The number of nitrogens with one attached hydrogen (secondary N) is 1. The zero-order valence-corrected chi connectivity index (χ0v) is 12.3. The highest BCUT2D eigenvalue weighted by molar-refractivity contribution is 5.92. The van der Waals surface area contributed by atoms with Gasteiger partial charge >= 0.3 is 5.97 Å². The van der Waals surface area contributed by atoms with Crippen LogP contribution in [0.3, 0.4) is 0 Å². The lowest BCUT2D eigenvalue weighted by atomic mass is 10.0. The van der Waals surface area contributed by atoms with Crippen LogP contribution in [0.5, 0.6) is 0 Å². The van der Waals surface area contributed by atoms with Crippen LogP contribution >= 0.6 is 0 Å². The maximum absolute atomic E-state index is 11.6. The minimum Gasteiger partial charge on any atom is -0.481 e. The number of aliphatic carboxylic acids is 1. The summed E-state index contributed by atoms with van der Waals surface area (Å²) in [7, 11) is 0. The molecule has 0 bridgehead atoms. The molecule has 0 fully saturated rings. The van der Waals surface area contributed by atoms with Crippen molar-refractivity contribution in [2.24, 2.45) is 0 Å². The Labute approximate surface area is 132 Å². The number of furan rings is 1. The highest BCUT2D eigenvalue weighted by Crippen LogP contribution is 2.26. The fourth-order valence-electron chi connectivity index (χ4n) is 2.32. The van der Waals surface area contributed by atoms with Crippen molar-refractivity contribution in [1.82, 2.24) is 0 Å². The van der Waals surface area contributed by atoms with Crippen LogP contribution in [0.2, 0.25) is 0 Å². The first-order valence-electron chi connectivity index (χ1n) is 7.21. The first-order valence-corrected chi connectivity index (χ1v) is 7.21. The number of hydrogen-bond donors (Lipinski definition) is 2. The lowest BCUT2D eigenvalue weighted by Crippen LogP contribution is -2.13. The predicted octanol–water partition coefficient (Wildman–Crippen LogP) is 3.90. The van der Waals surface area contributed by atoms with E-state index in [0.29, 0.717) is 5.69 Å². The molecule has 2 N–H and O–H groups in total. The van der Waals surface area contributed by atoms with Gasteiger partial charge in [-0.15, -0.1) is 0 Å². The number of rotatable bonds is 5. The second-order valence-electron chi connectivity index (χ2n) is 5.19. The second-order valence-corrected chi connectivity index (χ2v) is 5.19. The molecule has 1 amide bonds. The van der Waals surface area contributed by atoms with E-state index < -0.39 is 5.97 Å². The molecule has 5 nitrogen and oxygen atoms in total. The molecule has 0 spiro atoms. The quantitative estimate of drug-likeness (QED) is 0.749. The molecule has 2 aromatic carbocycles. The molecule has 0 saturated carbocycles. The molecule has 0 unspecified atom stereocenters. The molecule has 0 aliphatic rings. The monoisotopic (exact) mass is 309 g/mol. The first-order chi connectivity index (χ1) is 11.1. The fourth-order valence-corrected chi connectivity index (χ4v) is 2.32. The minimum absolute atomic E-state index is 0.0355. The molecule has 0 saturated heterocycles. The standard InChI is InChI=1S/C18H15NO4/c20-17(7-8-18(21)22)19-15-5-3-12(4-6-15)14-2-1-13-9-10-23-16(13)11-14/h1-6,9-11H,7-8H2,(H,19,20)(H,21,22). The third kappa shape index (κ3) is 3.58. The van der Waals surface area contributed by atoms with Crippen molar-refractivity contribution in [3.63, 3.8) is 0 Å². The molecule has 0 aliphatic carbocycles. The lowest BCUT2D eigenvalue weighted by molar-refractivity contribution is -0.138. The van der Waals surface area contributed by atoms with Crippen LogP contribution < -0.4 is 5.32 Å². The van der Waals surface area contributed by atoms with Crippen molar-refractivity contribution in [3.05, 3.63) is 54.8 Å². The van der Waals surface area contributed by atoms with E-state index in [4.69, 9.17) is 9.52 Å². The van der Waals surface area contributed by atoms with E-state index >= 15 is 0 Å². The Balaban J connectivity index is 1.71. The van der Waals surface area contributed by atoms with Crippen LogP contribution in [0.15, 0.2) is 59.2 Å². The molecular weight excluding hydrogens is 294 g/mol. The molecule has 3 rings (SSSR count). The molecule has 3 aromatic rings. The summed E-state index contributed by atoms with van der Waals surface area (Å²) in [5.41, 5.74) is 3.50. The maximum Gasteiger partial charge on any atom is 0.303 e. The van der Waals surface area contributed by atoms with E-state index in [1.54, 1.807) is 18.4 Å². The SMILES string of the molecule is O=C(O)CCC(=O)Nc1ccc(-c2ccc3ccoc3c2)cc1. The van der Waals surface area contributed by atoms with Crippen LogP contribution in [-0.2, 0) is 9.59 Å². The van der Waals surface area contributed by atoms with Gasteiger partial charge in [-0.2, -0.15) is 0 Å². The Morgan fingerprint density at radius 1 is 0.957 bits per heavy atom. The van der Waals surface area contributed by atoms with Crippen molar-refractivity contribution in [1.29, 1.82) is 0 Å². The Bertz CT molecular complexity index is 849. The van der Waals surface area contributed by atoms with E-state index in [0.717, 1.165) is 22.1 Å². The van der Waals surface area contributed by atoms with Crippen LogP contribution in [0, 0.1) is 0 Å². The van der Waals surface area contributed by atoms with Crippen LogP contribution in [0.1, 0.15) is 12.8 Å². The highest BCUT2D eigenvalue weighted by Gasteiger charge is 2.06. The average Bonchev–Trinajstić information content (AvgIpc) is 3.01. The number of amides is 1. The zero-order chi connectivity index (χ0) is 16.2. The van der Waals surface area contributed by atoms with Crippen molar-refractivity contribution < 1.29 is 19.1 Å². The predicted molar refractivity (Wildman–Crippen MR) is 87.1 cm³/mol. The molecule has 5 heteroatoms. The van der Waals surface area contributed by atoms with E-state index in [2.05, 4.69) is 5.32 Å². The summed E-state index contributed by atoms with van der Waals surface area (Å²) in [5, 5.41) is 12.3. The smallest absolute Gasteiger partial charge is 0.303 e. The van der Waals surface area contributed by atoms with Crippen molar-refractivity contribution in [2.45, 2.75) is 12.8 Å². The van der Waals surface area contributed by atoms with Gasteiger partial charge in [-0.25, -0.2) is 0 Å². The Hall–Kier alpha value is -3.08. The van der Waals surface area contributed by atoms with Gasteiger partial charge in [0.15, 0.2) is 0 Å². The normalized spacial score (nSPS) is 10.6. The topological polar surface area (TPSA) is 79.5 Å². The number of benzene rings is 2. The van der Waals surface area contributed by atoms with E-state index in [9.17, 15) is 9.59 Å². The van der Waals surface area contributed by atoms with Crippen LogP contribution in [0.4, 0.5) is 5.69 Å². The van der Waals surface area contributed by atoms with Gasteiger partial charge in [0.05, 0.1) is 12.7 Å². The van der Waals surface area contributed by atoms with Gasteiger partial charge in [0, 0.05) is 17.5 Å². The van der Waals surface area contributed by atoms with Gasteiger partial charge in [0.2, 0.25) is 5.91 Å². The van der Waals surface area contributed by atoms with Crippen molar-refractivity contribution >= 4 is 28.5 Å². The molecule has 0 radical (unpaired) electrons. The largest absolute Gasteiger partial charge is 0.481 e. The number of hydrogen-bond acceptors (Lipinski definition) is 3. The third-order valence-corrected chi connectivity index (χ3v) is 3.52. The van der Waals surface area contributed by atoms with Gasteiger partial charge in [0.1, 0.15) is 5.58 Å². The molecule has 0 aliphatic heterocycles. The number of carboxylic acid groups (broad SMARTS) is 1. The summed E-state index contributed by atoms with van der Waals surface area (Å²) in [6.07, 6.45) is 1.45. The summed E-state index contributed by atoms with van der Waals surface area (Å²) in [6.45, 7) is 0. The summed E-state index contributed by atoms with van der Waals surface area (Å²) in [6, 6.07) is 15.3. The second kappa shape index (κ2) is 6.36. The summed E-state index contributed by atoms with van der Waals surface area (Å²) in [5.74, 6) is -1.29. The molecule has 116 valence electrons. The van der Waals surface area contributed by atoms with E-state index in [-0.39, 0.29) is 18.7 Å². The van der Waals surface area contributed by atoms with E-state index in [1.807, 2.05) is 36.4 Å². The highest BCUT2D eigenvalue weighted by atomic mass is 16.4. The van der Waals surface area contributed by atoms with Gasteiger partial charge in [0.25, 0.3) is 0 Å². The number of carbonyl (C=O) groups is 2. The molecular formula is C18H15NO4. The number of anilines is 1. The van der Waals surface area contributed by atoms with Gasteiger partial charge in [-0.05, 0) is 35.4 Å². The Morgan fingerprint density at radius 2 is 1.70 bits per heavy atom. The molecule has 1 aromatic heterocycles. The molecule has 23 heavy (non-hydrogen) atoms. The zero-order valence-electron chi connectivity index (χ0n) is 12.3. The molecule has 1 heterocycles. The number of fused-ring (bicyclic) bond motifs is 1. The lowest BCUT2D eigenvalue weighted by Gasteiger charge is -2.06. The van der Waals surface area contributed by atoms with Crippen molar-refractivity contribution in [3.8, 4) is 11.1 Å². The summed E-state index contributed by atoms with van der Waals surface area (Å²) in [4.78, 5) is 22.0. The summed E-state index contributed by atoms with van der Waals surface area (Å²) < 4.78 is 5.40. The van der Waals surface area contributed by atoms with Crippen LogP contribution in [-0.4, -0.2) is 17.0 Å². The Kier molecular flexibility index (Phi) is 4.10. The number of carbonyl (C=O) groups excluding carboxylic acids is 1. The number of carboxylic acids is 1. The van der Waals surface area contributed by atoms with Crippen LogP contribution in [0.25, 0.3) is 22.1 Å². The van der Waals surface area contributed by atoms with Gasteiger partial charge in [-0.1, -0.05) is 24.3 Å². The van der Waals surface area contributed by atoms with Gasteiger partial charge < -0.3 is 14.8 Å². The minimum atomic E-state index is -0.983. The Morgan fingerprint density at radius 3 is 2.43 bits per heavy atom. The summed E-state index contributed by atoms with van der Waals surface area (Å²) >= 11 is 0. The van der Waals surface area contributed by atoms with Gasteiger partial charge in [-0.3, -0.25) is 9.59 Å². The van der Waals surface area contributed by atoms with E-state index in [1.165, 1.54) is 0 Å². The third-order valence-electron chi connectivity index (χ3n) is 3.52. The maximum atomic E-state index is 11.6. The first kappa shape index (κ1) is 14.8. The van der Waals surface area contributed by atoms with Crippen molar-refractivity contribution in [2.75, 3.05) is 5.32 Å².